The van der Waals surface area contributed by atoms with E-state index in [2.05, 4.69) is 4.98 Å². The molecule has 1 atom stereocenters. The highest BCUT2D eigenvalue weighted by molar-refractivity contribution is 7.91. The first-order valence-corrected chi connectivity index (χ1v) is 9.81. The van der Waals surface area contributed by atoms with Crippen LogP contribution >= 0.6 is 0 Å². The van der Waals surface area contributed by atoms with Crippen LogP contribution in [-0.2, 0) is 9.84 Å². The topological polar surface area (TPSA) is 79.7 Å². The van der Waals surface area contributed by atoms with Crippen molar-refractivity contribution in [3.63, 3.8) is 0 Å². The van der Waals surface area contributed by atoms with Gasteiger partial charge in [-0.15, -0.1) is 0 Å². The highest BCUT2D eigenvalue weighted by Gasteiger charge is 2.35. The van der Waals surface area contributed by atoms with Crippen molar-refractivity contribution in [3.8, 4) is 5.75 Å². The van der Waals surface area contributed by atoms with Gasteiger partial charge >= 0.3 is 0 Å². The second-order valence-corrected chi connectivity index (χ2v) is 8.00. The standard InChI is InChI=1S/C20H20N2O4S/c1-15-6-3-4-8-19(15)22(23)20(16-7-5-13-21-14-16)27(24,25)18-11-9-17(26-2)10-12-18/h3-14,20,23H,1-2H3. The Hall–Kier alpha value is -2.90. The maximum atomic E-state index is 13.4. The van der Waals surface area contributed by atoms with Crippen molar-refractivity contribution < 1.29 is 18.4 Å². The van der Waals surface area contributed by atoms with Crippen LogP contribution < -0.4 is 9.80 Å². The van der Waals surface area contributed by atoms with E-state index < -0.39 is 15.2 Å². The molecule has 0 saturated carbocycles. The highest BCUT2D eigenvalue weighted by Crippen LogP contribution is 2.35. The van der Waals surface area contributed by atoms with Crippen molar-refractivity contribution >= 4 is 15.5 Å². The summed E-state index contributed by atoms with van der Waals surface area (Å²) in [5, 5.41) is 10.4. The van der Waals surface area contributed by atoms with Crippen LogP contribution in [0, 0.1) is 6.92 Å². The molecule has 0 aliphatic carbocycles. The van der Waals surface area contributed by atoms with Crippen LogP contribution in [-0.4, -0.2) is 25.7 Å². The van der Waals surface area contributed by atoms with Gasteiger partial charge in [-0.2, -0.15) is 0 Å². The molecule has 1 N–H and O–H groups in total. The van der Waals surface area contributed by atoms with E-state index in [1.165, 1.54) is 25.4 Å². The smallest absolute Gasteiger partial charge is 0.206 e. The second kappa shape index (κ2) is 7.77. The van der Waals surface area contributed by atoms with Gasteiger partial charge in [-0.25, -0.2) is 13.5 Å². The van der Waals surface area contributed by atoms with Gasteiger partial charge in [0.25, 0.3) is 0 Å². The Morgan fingerprint density at radius 1 is 1.04 bits per heavy atom. The van der Waals surface area contributed by atoms with Gasteiger partial charge in [-0.05, 0) is 48.9 Å². The number of anilines is 1. The average molecular weight is 384 g/mol. The van der Waals surface area contributed by atoms with Gasteiger partial charge in [0.2, 0.25) is 9.84 Å². The first kappa shape index (κ1) is 18.9. The van der Waals surface area contributed by atoms with Crippen LogP contribution in [0.5, 0.6) is 5.75 Å². The first-order valence-electron chi connectivity index (χ1n) is 8.27. The summed E-state index contributed by atoms with van der Waals surface area (Å²) >= 11 is 0. The maximum Gasteiger partial charge on any atom is 0.206 e. The molecule has 0 fully saturated rings. The van der Waals surface area contributed by atoms with Crippen LogP contribution in [0.2, 0.25) is 0 Å². The molecule has 3 aromatic rings. The number of nitrogens with zero attached hydrogens (tertiary/aromatic N) is 2. The SMILES string of the molecule is COc1ccc(S(=O)(=O)C(c2cccnc2)N(O)c2ccccc2C)cc1. The summed E-state index contributed by atoms with van der Waals surface area (Å²) < 4.78 is 31.9. The zero-order valence-corrected chi connectivity index (χ0v) is 15.8. The van der Waals surface area contributed by atoms with Crippen molar-refractivity contribution in [3.05, 3.63) is 84.2 Å². The fourth-order valence-electron chi connectivity index (χ4n) is 2.81. The van der Waals surface area contributed by atoms with Gasteiger partial charge in [0.05, 0.1) is 17.7 Å². The van der Waals surface area contributed by atoms with Crippen molar-refractivity contribution in [1.29, 1.82) is 0 Å². The van der Waals surface area contributed by atoms with Gasteiger partial charge in [0.15, 0.2) is 5.37 Å². The van der Waals surface area contributed by atoms with Crippen LogP contribution in [0.3, 0.4) is 0 Å². The van der Waals surface area contributed by atoms with Gasteiger partial charge < -0.3 is 4.74 Å². The van der Waals surface area contributed by atoms with Crippen molar-refractivity contribution in [2.24, 2.45) is 0 Å². The lowest BCUT2D eigenvalue weighted by molar-refractivity contribution is 0.241. The molecule has 6 nitrogen and oxygen atoms in total. The Labute approximate surface area is 158 Å². The zero-order valence-electron chi connectivity index (χ0n) is 15.0. The molecule has 0 bridgehead atoms. The number of benzene rings is 2. The van der Waals surface area contributed by atoms with Crippen molar-refractivity contribution in [2.75, 3.05) is 12.2 Å². The summed E-state index contributed by atoms with van der Waals surface area (Å²) in [5.74, 6) is 0.548. The van der Waals surface area contributed by atoms with Crippen LogP contribution in [0.4, 0.5) is 5.69 Å². The monoisotopic (exact) mass is 384 g/mol. The van der Waals surface area contributed by atoms with E-state index in [1.807, 2.05) is 6.07 Å². The number of ether oxygens (including phenoxy) is 1. The molecule has 0 amide bonds. The van der Waals surface area contributed by atoms with E-state index in [9.17, 15) is 13.6 Å². The third-order valence-electron chi connectivity index (χ3n) is 4.24. The summed E-state index contributed by atoms with van der Waals surface area (Å²) in [7, 11) is -2.45. The number of hydrogen-bond donors (Lipinski definition) is 1. The van der Waals surface area contributed by atoms with E-state index in [-0.39, 0.29) is 4.90 Å². The molecule has 0 radical (unpaired) electrons. The Morgan fingerprint density at radius 2 is 1.74 bits per heavy atom. The first-order chi connectivity index (χ1) is 12.9. The van der Waals surface area contributed by atoms with E-state index in [0.717, 1.165) is 10.6 Å². The third-order valence-corrected chi connectivity index (χ3v) is 6.22. The average Bonchev–Trinajstić information content (AvgIpc) is 2.69. The number of pyridine rings is 1. The molecule has 0 saturated heterocycles. The Morgan fingerprint density at radius 3 is 2.33 bits per heavy atom. The molecule has 0 aliphatic rings. The lowest BCUT2D eigenvalue weighted by atomic mass is 10.2. The Kier molecular flexibility index (Phi) is 5.43. The molecular formula is C20H20N2O4S. The molecule has 140 valence electrons. The van der Waals surface area contributed by atoms with E-state index in [0.29, 0.717) is 17.0 Å². The number of hydroxylamine groups is 1. The molecule has 27 heavy (non-hydrogen) atoms. The second-order valence-electron chi connectivity index (χ2n) is 5.99. The summed E-state index contributed by atoms with van der Waals surface area (Å²) in [4.78, 5) is 4.09. The Bertz CT molecular complexity index is 1010. The van der Waals surface area contributed by atoms with Gasteiger partial charge in [0, 0.05) is 18.0 Å². The molecule has 2 aromatic carbocycles. The predicted octanol–water partition coefficient (Wildman–Crippen LogP) is 3.77. The molecule has 1 heterocycles. The van der Waals surface area contributed by atoms with Gasteiger partial charge in [-0.1, -0.05) is 24.3 Å². The lowest BCUT2D eigenvalue weighted by Crippen LogP contribution is -2.32. The van der Waals surface area contributed by atoms with Crippen LogP contribution in [0.25, 0.3) is 0 Å². The Balaban J connectivity index is 2.13. The zero-order chi connectivity index (χ0) is 19.4. The summed E-state index contributed by atoms with van der Waals surface area (Å²) in [5.41, 5.74) is 1.52. The number of sulfone groups is 1. The summed E-state index contributed by atoms with van der Waals surface area (Å²) in [6, 6.07) is 16.4. The summed E-state index contributed by atoms with van der Waals surface area (Å²) in [6.45, 7) is 1.80. The summed E-state index contributed by atoms with van der Waals surface area (Å²) in [6.07, 6.45) is 2.99. The number of methoxy groups -OCH3 is 1. The number of aromatic nitrogens is 1. The van der Waals surface area contributed by atoms with Gasteiger partial charge in [0.1, 0.15) is 5.75 Å². The molecular weight excluding hydrogens is 364 g/mol. The van der Waals surface area contributed by atoms with Crippen LogP contribution in [0.15, 0.2) is 78.0 Å². The molecule has 0 aliphatic heterocycles. The fraction of sp³-hybridized carbons (Fsp3) is 0.150. The molecule has 3 rings (SSSR count). The molecule has 1 unspecified atom stereocenters. The highest BCUT2D eigenvalue weighted by atomic mass is 32.2. The maximum absolute atomic E-state index is 13.4. The number of para-hydroxylation sites is 1. The molecule has 7 heteroatoms. The van der Waals surface area contributed by atoms with E-state index >= 15 is 0 Å². The number of hydrogen-bond acceptors (Lipinski definition) is 6. The quantitative estimate of drug-likeness (QED) is 0.652. The molecule has 1 aromatic heterocycles. The minimum Gasteiger partial charge on any atom is -0.497 e. The lowest BCUT2D eigenvalue weighted by Gasteiger charge is -2.28. The number of aryl methyl sites for hydroxylation is 1. The minimum atomic E-state index is -3.96. The largest absolute Gasteiger partial charge is 0.497 e. The minimum absolute atomic E-state index is 0.0739. The van der Waals surface area contributed by atoms with Crippen molar-refractivity contribution in [2.45, 2.75) is 17.2 Å². The third kappa shape index (κ3) is 3.79. The number of rotatable bonds is 6. The van der Waals surface area contributed by atoms with Crippen molar-refractivity contribution in [1.82, 2.24) is 4.98 Å². The molecule has 0 spiro atoms. The van der Waals surface area contributed by atoms with Crippen LogP contribution in [0.1, 0.15) is 16.5 Å². The van der Waals surface area contributed by atoms with E-state index in [4.69, 9.17) is 4.74 Å². The van der Waals surface area contributed by atoms with E-state index in [1.54, 1.807) is 55.6 Å². The van der Waals surface area contributed by atoms with Gasteiger partial charge in [-0.3, -0.25) is 10.2 Å². The fourth-order valence-corrected chi connectivity index (χ4v) is 4.46. The normalized spacial score (nSPS) is 12.4. The predicted molar refractivity (Wildman–Crippen MR) is 103 cm³/mol.